The first-order valence-electron chi connectivity index (χ1n) is 5.42. The van der Waals surface area contributed by atoms with Gasteiger partial charge in [-0.2, -0.15) is 5.26 Å². The molecule has 0 heterocycles. The molecule has 1 aromatic carbocycles. The first-order valence-corrected chi connectivity index (χ1v) is 5.80. The van der Waals surface area contributed by atoms with Crippen molar-refractivity contribution < 1.29 is 4.79 Å². The predicted octanol–water partition coefficient (Wildman–Crippen LogP) is 2.76. The Morgan fingerprint density at radius 3 is 2.76 bits per heavy atom. The quantitative estimate of drug-likeness (QED) is 0.865. The van der Waals surface area contributed by atoms with Gasteiger partial charge in [-0.25, -0.2) is 4.79 Å². The minimum absolute atomic E-state index is 0.303. The van der Waals surface area contributed by atoms with Gasteiger partial charge < -0.3 is 10.6 Å². The SMILES string of the molecule is N#CC(NC(=O)Nc1ccccc1Cl)C1CC1. The summed E-state index contributed by atoms with van der Waals surface area (Å²) in [7, 11) is 0. The van der Waals surface area contributed by atoms with E-state index in [1.165, 1.54) is 0 Å². The Morgan fingerprint density at radius 2 is 2.18 bits per heavy atom. The normalized spacial score (nSPS) is 15.8. The number of benzene rings is 1. The van der Waals surface area contributed by atoms with Crippen LogP contribution in [0.25, 0.3) is 0 Å². The highest BCUT2D eigenvalue weighted by molar-refractivity contribution is 6.33. The fraction of sp³-hybridized carbons (Fsp3) is 0.333. The number of anilines is 1. The number of hydrogen-bond donors (Lipinski definition) is 2. The van der Waals surface area contributed by atoms with Crippen LogP contribution >= 0.6 is 11.6 Å². The topological polar surface area (TPSA) is 64.9 Å². The Hall–Kier alpha value is -1.73. The molecule has 1 fully saturated rings. The number of para-hydroxylation sites is 1. The summed E-state index contributed by atoms with van der Waals surface area (Å²) in [6.45, 7) is 0. The van der Waals surface area contributed by atoms with E-state index in [4.69, 9.17) is 16.9 Å². The minimum atomic E-state index is -0.405. The van der Waals surface area contributed by atoms with E-state index < -0.39 is 12.1 Å². The lowest BCUT2D eigenvalue weighted by molar-refractivity contribution is 0.249. The molecule has 5 heteroatoms. The molecule has 2 amide bonds. The molecule has 1 atom stereocenters. The molecule has 17 heavy (non-hydrogen) atoms. The number of carbonyl (C=O) groups is 1. The molecule has 0 saturated heterocycles. The molecule has 0 radical (unpaired) electrons. The first kappa shape index (κ1) is 11.7. The van der Waals surface area contributed by atoms with Gasteiger partial charge in [0.1, 0.15) is 6.04 Å². The second-order valence-corrected chi connectivity index (χ2v) is 4.43. The summed E-state index contributed by atoms with van der Waals surface area (Å²) in [4.78, 5) is 11.6. The highest BCUT2D eigenvalue weighted by Gasteiger charge is 2.32. The standard InChI is InChI=1S/C12H12ClN3O/c13-9-3-1-2-4-10(9)15-12(17)16-11(7-14)8-5-6-8/h1-4,8,11H,5-6H2,(H2,15,16,17). The van der Waals surface area contributed by atoms with Crippen molar-refractivity contribution in [3.8, 4) is 6.07 Å². The van der Waals surface area contributed by atoms with E-state index >= 15 is 0 Å². The van der Waals surface area contributed by atoms with Crippen LogP contribution in [-0.4, -0.2) is 12.1 Å². The number of amides is 2. The van der Waals surface area contributed by atoms with E-state index in [2.05, 4.69) is 16.7 Å². The Balaban J connectivity index is 1.93. The van der Waals surface area contributed by atoms with Crippen molar-refractivity contribution in [2.45, 2.75) is 18.9 Å². The highest BCUT2D eigenvalue weighted by Crippen LogP contribution is 2.32. The molecule has 4 nitrogen and oxygen atoms in total. The zero-order valence-electron chi connectivity index (χ0n) is 9.11. The zero-order chi connectivity index (χ0) is 12.3. The Labute approximate surface area is 105 Å². The summed E-state index contributed by atoms with van der Waals surface area (Å²) in [6.07, 6.45) is 2.01. The van der Waals surface area contributed by atoms with Gasteiger partial charge in [-0.3, -0.25) is 0 Å². The summed E-state index contributed by atoms with van der Waals surface area (Å²) >= 11 is 5.91. The monoisotopic (exact) mass is 249 g/mol. The maximum atomic E-state index is 11.6. The van der Waals surface area contributed by atoms with E-state index in [-0.39, 0.29) is 0 Å². The lowest BCUT2D eigenvalue weighted by atomic mass is 10.2. The molecule has 2 rings (SSSR count). The van der Waals surface area contributed by atoms with Gasteiger partial charge in [0.25, 0.3) is 0 Å². The van der Waals surface area contributed by atoms with Crippen LogP contribution in [0.15, 0.2) is 24.3 Å². The number of rotatable bonds is 3. The fourth-order valence-corrected chi connectivity index (χ4v) is 1.73. The average molecular weight is 250 g/mol. The van der Waals surface area contributed by atoms with Gasteiger partial charge in [-0.1, -0.05) is 23.7 Å². The number of nitrogens with one attached hydrogen (secondary N) is 2. The van der Waals surface area contributed by atoms with Crippen LogP contribution in [0.2, 0.25) is 5.02 Å². The lowest BCUT2D eigenvalue weighted by Crippen LogP contribution is -2.38. The third-order valence-electron chi connectivity index (χ3n) is 2.64. The molecule has 0 aromatic heterocycles. The Morgan fingerprint density at radius 1 is 1.47 bits per heavy atom. The molecule has 88 valence electrons. The third kappa shape index (κ3) is 3.11. The molecule has 1 aromatic rings. The van der Waals surface area contributed by atoms with E-state index in [0.29, 0.717) is 16.6 Å². The second-order valence-electron chi connectivity index (χ2n) is 4.02. The third-order valence-corrected chi connectivity index (χ3v) is 2.97. The van der Waals surface area contributed by atoms with Crippen LogP contribution in [0, 0.1) is 17.2 Å². The second kappa shape index (κ2) is 5.07. The number of nitriles is 1. The maximum absolute atomic E-state index is 11.6. The van der Waals surface area contributed by atoms with Crippen LogP contribution in [0.3, 0.4) is 0 Å². The highest BCUT2D eigenvalue weighted by atomic mass is 35.5. The largest absolute Gasteiger partial charge is 0.322 e. The summed E-state index contributed by atoms with van der Waals surface area (Å²) in [5.41, 5.74) is 0.541. The molecule has 2 N–H and O–H groups in total. The molecule has 0 bridgehead atoms. The number of urea groups is 1. The van der Waals surface area contributed by atoms with E-state index in [0.717, 1.165) is 12.8 Å². The number of carbonyl (C=O) groups excluding carboxylic acids is 1. The molecule has 1 aliphatic rings. The van der Waals surface area contributed by atoms with E-state index in [1.807, 2.05) is 0 Å². The van der Waals surface area contributed by atoms with Crippen molar-refractivity contribution in [2.24, 2.45) is 5.92 Å². The Kier molecular flexibility index (Phi) is 3.50. The van der Waals surface area contributed by atoms with Gasteiger partial charge in [0.15, 0.2) is 0 Å². The van der Waals surface area contributed by atoms with Crippen LogP contribution in [0.4, 0.5) is 10.5 Å². The minimum Gasteiger partial charge on any atom is -0.322 e. The fourth-order valence-electron chi connectivity index (χ4n) is 1.55. The number of hydrogen-bond acceptors (Lipinski definition) is 2. The van der Waals surface area contributed by atoms with Crippen LogP contribution < -0.4 is 10.6 Å². The predicted molar refractivity (Wildman–Crippen MR) is 65.7 cm³/mol. The smallest absolute Gasteiger partial charge is 0.320 e. The van der Waals surface area contributed by atoms with Crippen molar-refractivity contribution in [2.75, 3.05) is 5.32 Å². The van der Waals surface area contributed by atoms with Crippen molar-refractivity contribution in [1.82, 2.24) is 5.32 Å². The number of halogens is 1. The van der Waals surface area contributed by atoms with E-state index in [1.54, 1.807) is 24.3 Å². The maximum Gasteiger partial charge on any atom is 0.320 e. The average Bonchev–Trinajstić information content (AvgIpc) is 3.13. The van der Waals surface area contributed by atoms with Crippen molar-refractivity contribution in [3.63, 3.8) is 0 Å². The van der Waals surface area contributed by atoms with E-state index in [9.17, 15) is 4.79 Å². The molecule has 1 saturated carbocycles. The van der Waals surface area contributed by atoms with Crippen molar-refractivity contribution in [1.29, 1.82) is 5.26 Å². The molecule has 0 spiro atoms. The summed E-state index contributed by atoms with van der Waals surface area (Å²) in [5.74, 6) is 0.303. The molecular formula is C12H12ClN3O. The van der Waals surface area contributed by atoms with Crippen molar-refractivity contribution >= 4 is 23.3 Å². The van der Waals surface area contributed by atoms with Crippen molar-refractivity contribution in [3.05, 3.63) is 29.3 Å². The molecular weight excluding hydrogens is 238 g/mol. The van der Waals surface area contributed by atoms with Gasteiger partial charge in [-0.05, 0) is 30.9 Å². The van der Waals surface area contributed by atoms with Gasteiger partial charge in [0.2, 0.25) is 0 Å². The molecule has 1 aliphatic carbocycles. The summed E-state index contributed by atoms with van der Waals surface area (Å²) in [5, 5.41) is 14.6. The summed E-state index contributed by atoms with van der Waals surface area (Å²) in [6, 6.07) is 8.26. The zero-order valence-corrected chi connectivity index (χ0v) is 9.87. The molecule has 0 aliphatic heterocycles. The van der Waals surface area contributed by atoms with Crippen LogP contribution in [0.1, 0.15) is 12.8 Å². The molecule has 1 unspecified atom stereocenters. The Bertz CT molecular complexity index is 465. The van der Waals surface area contributed by atoms with Gasteiger partial charge in [0, 0.05) is 0 Å². The van der Waals surface area contributed by atoms with Gasteiger partial charge in [-0.15, -0.1) is 0 Å². The van der Waals surface area contributed by atoms with Crippen LogP contribution in [0.5, 0.6) is 0 Å². The summed E-state index contributed by atoms with van der Waals surface area (Å²) < 4.78 is 0. The van der Waals surface area contributed by atoms with Gasteiger partial charge in [0.05, 0.1) is 16.8 Å². The lowest BCUT2D eigenvalue weighted by Gasteiger charge is -2.12. The van der Waals surface area contributed by atoms with Gasteiger partial charge >= 0.3 is 6.03 Å². The number of nitrogens with zero attached hydrogens (tertiary/aromatic N) is 1. The van der Waals surface area contributed by atoms with Crippen LogP contribution in [-0.2, 0) is 0 Å². The first-order chi connectivity index (χ1) is 8.20.